The zero-order valence-electron chi connectivity index (χ0n) is 11.0. The molecule has 0 amide bonds. The average Bonchev–Trinajstić information content (AvgIpc) is 2.95. The maximum atomic E-state index is 14.2. The van der Waals surface area contributed by atoms with Crippen molar-refractivity contribution in [2.45, 2.75) is 13.0 Å². The summed E-state index contributed by atoms with van der Waals surface area (Å²) in [6.07, 6.45) is 4.00. The quantitative estimate of drug-likeness (QED) is 0.735. The molecule has 21 heavy (non-hydrogen) atoms. The maximum Gasteiger partial charge on any atom is 0.160 e. The van der Waals surface area contributed by atoms with Crippen molar-refractivity contribution in [1.82, 2.24) is 20.2 Å². The van der Waals surface area contributed by atoms with E-state index in [9.17, 15) is 4.39 Å². The van der Waals surface area contributed by atoms with Gasteiger partial charge in [0.15, 0.2) is 5.65 Å². The first-order valence-electron chi connectivity index (χ1n) is 6.58. The molecule has 0 saturated heterocycles. The van der Waals surface area contributed by atoms with Crippen LogP contribution < -0.4 is 4.90 Å². The Labute approximate surface area is 128 Å². The molecule has 7 heteroatoms. The molecule has 1 aromatic carbocycles. The van der Waals surface area contributed by atoms with E-state index in [1.807, 2.05) is 6.07 Å². The number of rotatable bonds is 1. The normalized spacial score (nSPS) is 14.5. The number of anilines is 1. The molecular weight excluding hydrogens is 337 g/mol. The number of hydrogen-bond donors (Lipinski definition) is 1. The fourth-order valence-electron chi connectivity index (χ4n) is 2.77. The summed E-state index contributed by atoms with van der Waals surface area (Å²) in [6, 6.07) is 3.50. The third-order valence-corrected chi connectivity index (χ3v) is 4.24. The predicted molar refractivity (Wildman–Crippen MR) is 80.5 cm³/mol. The lowest BCUT2D eigenvalue weighted by Gasteiger charge is -2.30. The van der Waals surface area contributed by atoms with Gasteiger partial charge in [-0.05, 0) is 24.1 Å². The van der Waals surface area contributed by atoms with E-state index in [1.54, 1.807) is 6.20 Å². The van der Waals surface area contributed by atoms with E-state index in [0.29, 0.717) is 12.2 Å². The molecule has 0 aliphatic carbocycles. The summed E-state index contributed by atoms with van der Waals surface area (Å²) in [5.74, 6) is 0.614. The highest BCUT2D eigenvalue weighted by Gasteiger charge is 2.22. The topological polar surface area (TPSA) is 57.7 Å². The number of aromatic nitrogens is 4. The summed E-state index contributed by atoms with van der Waals surface area (Å²) in [5.41, 5.74) is 2.48. The van der Waals surface area contributed by atoms with Crippen LogP contribution in [0.25, 0.3) is 11.0 Å². The van der Waals surface area contributed by atoms with Crippen molar-refractivity contribution >= 4 is 32.8 Å². The molecule has 0 spiro atoms. The average molecular weight is 348 g/mol. The number of benzene rings is 1. The molecule has 0 bridgehead atoms. The van der Waals surface area contributed by atoms with Crippen LogP contribution in [0.4, 0.5) is 10.2 Å². The van der Waals surface area contributed by atoms with Gasteiger partial charge in [-0.3, -0.25) is 5.10 Å². The largest absolute Gasteiger partial charge is 0.351 e. The smallest absolute Gasteiger partial charge is 0.160 e. The highest BCUT2D eigenvalue weighted by atomic mass is 79.9. The summed E-state index contributed by atoms with van der Waals surface area (Å²) < 4.78 is 15.0. The summed E-state index contributed by atoms with van der Waals surface area (Å²) in [7, 11) is 0. The van der Waals surface area contributed by atoms with Crippen molar-refractivity contribution in [3.8, 4) is 0 Å². The summed E-state index contributed by atoms with van der Waals surface area (Å²) in [6.45, 7) is 1.30. The van der Waals surface area contributed by atoms with Gasteiger partial charge in [-0.25, -0.2) is 14.4 Å². The van der Waals surface area contributed by atoms with Gasteiger partial charge >= 0.3 is 0 Å². The summed E-state index contributed by atoms with van der Waals surface area (Å²) in [5, 5.41) is 7.68. The number of hydrogen-bond acceptors (Lipinski definition) is 4. The van der Waals surface area contributed by atoms with Crippen molar-refractivity contribution in [2.75, 3.05) is 11.4 Å². The van der Waals surface area contributed by atoms with Crippen molar-refractivity contribution in [1.29, 1.82) is 0 Å². The Kier molecular flexibility index (Phi) is 2.88. The Morgan fingerprint density at radius 1 is 1.29 bits per heavy atom. The van der Waals surface area contributed by atoms with E-state index >= 15 is 0 Å². The van der Waals surface area contributed by atoms with Crippen molar-refractivity contribution in [3.63, 3.8) is 0 Å². The van der Waals surface area contributed by atoms with Crippen molar-refractivity contribution < 1.29 is 4.39 Å². The van der Waals surface area contributed by atoms with Crippen LogP contribution in [0.2, 0.25) is 0 Å². The molecule has 3 aromatic rings. The molecule has 4 rings (SSSR count). The van der Waals surface area contributed by atoms with Gasteiger partial charge in [-0.15, -0.1) is 0 Å². The summed E-state index contributed by atoms with van der Waals surface area (Å²) >= 11 is 3.34. The summed E-state index contributed by atoms with van der Waals surface area (Å²) in [4.78, 5) is 10.5. The second kappa shape index (κ2) is 4.77. The minimum Gasteiger partial charge on any atom is -0.351 e. The van der Waals surface area contributed by atoms with Gasteiger partial charge in [0.1, 0.15) is 18.0 Å². The van der Waals surface area contributed by atoms with E-state index < -0.39 is 0 Å². The molecule has 0 unspecified atom stereocenters. The molecule has 106 valence electrons. The van der Waals surface area contributed by atoms with Crippen LogP contribution in [0.5, 0.6) is 0 Å². The predicted octanol–water partition coefficient (Wildman–Crippen LogP) is 2.82. The van der Waals surface area contributed by atoms with Gasteiger partial charge in [-0.1, -0.05) is 15.9 Å². The highest BCUT2D eigenvalue weighted by molar-refractivity contribution is 9.10. The second-order valence-electron chi connectivity index (χ2n) is 5.03. The Morgan fingerprint density at radius 2 is 2.19 bits per heavy atom. The zero-order chi connectivity index (χ0) is 14.4. The van der Waals surface area contributed by atoms with Gasteiger partial charge < -0.3 is 4.90 Å². The Morgan fingerprint density at radius 3 is 3.10 bits per heavy atom. The molecular formula is C14H11BrFN5. The van der Waals surface area contributed by atoms with Crippen LogP contribution in [0.3, 0.4) is 0 Å². The molecule has 1 aliphatic heterocycles. The van der Waals surface area contributed by atoms with E-state index in [0.717, 1.165) is 39.8 Å². The van der Waals surface area contributed by atoms with Crippen LogP contribution in [-0.4, -0.2) is 26.7 Å². The number of aromatic amines is 1. The number of halogens is 2. The first-order valence-corrected chi connectivity index (χ1v) is 7.37. The van der Waals surface area contributed by atoms with Crippen LogP contribution in [-0.2, 0) is 13.0 Å². The number of H-pyrrole nitrogens is 1. The molecule has 1 N–H and O–H groups in total. The van der Waals surface area contributed by atoms with E-state index in [2.05, 4.69) is 41.0 Å². The Bertz CT molecular complexity index is 831. The van der Waals surface area contributed by atoms with Crippen LogP contribution >= 0.6 is 15.9 Å². The third-order valence-electron chi connectivity index (χ3n) is 3.78. The molecule has 0 saturated carbocycles. The van der Waals surface area contributed by atoms with E-state index in [4.69, 9.17) is 0 Å². The van der Waals surface area contributed by atoms with E-state index in [1.165, 1.54) is 12.4 Å². The van der Waals surface area contributed by atoms with Gasteiger partial charge in [0.2, 0.25) is 0 Å². The van der Waals surface area contributed by atoms with Crippen LogP contribution in [0.1, 0.15) is 11.1 Å². The Balaban J connectivity index is 1.77. The van der Waals surface area contributed by atoms with Crippen LogP contribution in [0, 0.1) is 5.82 Å². The van der Waals surface area contributed by atoms with Crippen molar-refractivity contribution in [3.05, 3.63) is 46.1 Å². The molecule has 0 atom stereocenters. The number of nitrogens with zero attached hydrogens (tertiary/aromatic N) is 4. The van der Waals surface area contributed by atoms with E-state index in [-0.39, 0.29) is 5.82 Å². The molecule has 3 heterocycles. The lowest BCUT2D eigenvalue weighted by atomic mass is 9.99. The monoisotopic (exact) mass is 347 g/mol. The van der Waals surface area contributed by atoms with Gasteiger partial charge in [-0.2, -0.15) is 5.10 Å². The van der Waals surface area contributed by atoms with Gasteiger partial charge in [0.05, 0.1) is 11.6 Å². The molecule has 0 fully saturated rings. The fraction of sp³-hybridized carbons (Fsp3) is 0.214. The first kappa shape index (κ1) is 12.7. The van der Waals surface area contributed by atoms with Crippen molar-refractivity contribution in [2.24, 2.45) is 0 Å². The lowest BCUT2D eigenvalue weighted by Crippen LogP contribution is -2.32. The zero-order valence-corrected chi connectivity index (χ0v) is 12.6. The fourth-order valence-corrected chi connectivity index (χ4v) is 3.24. The standard InChI is InChI=1S/C14H11BrFN5/c15-9-3-8-1-2-21(6-11(8)12(16)4-9)14-10-5-19-20-13(10)17-7-18-14/h3-5,7H,1-2,6H2,(H,17,18,19,20). The molecule has 1 aliphatic rings. The van der Waals surface area contributed by atoms with Crippen LogP contribution in [0.15, 0.2) is 29.1 Å². The molecule has 0 radical (unpaired) electrons. The number of fused-ring (bicyclic) bond motifs is 2. The highest BCUT2D eigenvalue weighted by Crippen LogP contribution is 2.30. The maximum absolute atomic E-state index is 14.2. The first-order chi connectivity index (χ1) is 10.2. The molecule has 2 aromatic heterocycles. The SMILES string of the molecule is Fc1cc(Br)cc2c1CN(c1ncnc3[nH]ncc13)CC2. The lowest BCUT2D eigenvalue weighted by molar-refractivity contribution is 0.586. The van der Waals surface area contributed by atoms with Gasteiger partial charge in [0, 0.05) is 23.1 Å². The Hall–Kier alpha value is -2.02. The van der Waals surface area contributed by atoms with Gasteiger partial charge in [0.25, 0.3) is 0 Å². The second-order valence-corrected chi connectivity index (χ2v) is 5.94. The minimum absolute atomic E-state index is 0.179. The number of nitrogens with one attached hydrogen (secondary N) is 1. The third kappa shape index (κ3) is 2.08. The minimum atomic E-state index is -0.179. The molecule has 5 nitrogen and oxygen atoms in total.